The lowest BCUT2D eigenvalue weighted by molar-refractivity contribution is -0.167. The third-order valence-electron chi connectivity index (χ3n) is 5.78. The molecule has 3 rings (SSSR count). The minimum atomic E-state index is -0.201. The first-order valence-electron chi connectivity index (χ1n) is 8.92. The molecule has 22 heavy (non-hydrogen) atoms. The van der Waals surface area contributed by atoms with Gasteiger partial charge in [0, 0.05) is 11.8 Å². The highest BCUT2D eigenvalue weighted by molar-refractivity contribution is 5.76. The second kappa shape index (κ2) is 6.21. The molecule has 1 heterocycles. The van der Waals surface area contributed by atoms with Gasteiger partial charge in [-0.25, -0.2) is 0 Å². The number of hydrogen-bond donors (Lipinski definition) is 0. The quantitative estimate of drug-likeness (QED) is 0.731. The van der Waals surface area contributed by atoms with Crippen molar-refractivity contribution in [2.75, 3.05) is 0 Å². The molecule has 4 heteroatoms. The summed E-state index contributed by atoms with van der Waals surface area (Å²) in [6.07, 6.45) is 5.33. The maximum Gasteiger partial charge on any atom is 0.309 e. The van der Waals surface area contributed by atoms with Crippen LogP contribution in [0.2, 0.25) is 0 Å². The molecule has 2 saturated carbocycles. The zero-order valence-electron chi connectivity index (χ0n) is 13.9. The van der Waals surface area contributed by atoms with Gasteiger partial charge in [-0.05, 0) is 38.0 Å². The van der Waals surface area contributed by atoms with Crippen molar-refractivity contribution in [2.45, 2.75) is 71.5 Å². The number of esters is 2. The van der Waals surface area contributed by atoms with Gasteiger partial charge in [-0.3, -0.25) is 9.59 Å². The summed E-state index contributed by atoms with van der Waals surface area (Å²) in [7, 11) is 0. The van der Waals surface area contributed by atoms with Gasteiger partial charge in [0.2, 0.25) is 0 Å². The number of carbonyl (C=O) groups is 2. The normalized spacial score (nSPS) is 37.8. The molecule has 0 spiro atoms. The molecular formula is C18H28O4. The molecule has 3 fully saturated rings. The first-order chi connectivity index (χ1) is 10.5. The van der Waals surface area contributed by atoms with Gasteiger partial charge in [-0.15, -0.1) is 0 Å². The lowest BCUT2D eigenvalue weighted by Gasteiger charge is -2.26. The highest BCUT2D eigenvalue weighted by Gasteiger charge is 2.58. The summed E-state index contributed by atoms with van der Waals surface area (Å²) in [6, 6.07) is 0. The molecule has 1 saturated heterocycles. The second-order valence-electron chi connectivity index (χ2n) is 7.73. The molecule has 0 radical (unpaired) electrons. The number of rotatable bonds is 5. The van der Waals surface area contributed by atoms with E-state index in [1.54, 1.807) is 0 Å². The maximum absolute atomic E-state index is 12.5. The summed E-state index contributed by atoms with van der Waals surface area (Å²) < 4.78 is 11.5. The molecule has 0 aromatic rings. The maximum atomic E-state index is 12.5. The number of carbonyl (C=O) groups excluding carboxylic acids is 2. The van der Waals surface area contributed by atoms with E-state index in [-0.39, 0.29) is 41.9 Å². The minimum absolute atomic E-state index is 0.0319. The fourth-order valence-corrected chi connectivity index (χ4v) is 4.68. The molecular weight excluding hydrogens is 280 g/mol. The highest BCUT2D eigenvalue weighted by atomic mass is 16.6. The monoisotopic (exact) mass is 308 g/mol. The zero-order valence-corrected chi connectivity index (χ0v) is 13.9. The lowest BCUT2D eigenvalue weighted by Crippen LogP contribution is -2.36. The smallest absolute Gasteiger partial charge is 0.309 e. The van der Waals surface area contributed by atoms with Gasteiger partial charge in [0.25, 0.3) is 0 Å². The van der Waals surface area contributed by atoms with E-state index in [9.17, 15) is 9.59 Å². The van der Waals surface area contributed by atoms with Crippen molar-refractivity contribution in [3.63, 3.8) is 0 Å². The van der Waals surface area contributed by atoms with E-state index in [0.717, 1.165) is 38.5 Å². The van der Waals surface area contributed by atoms with Gasteiger partial charge in [0.15, 0.2) is 0 Å². The average molecular weight is 308 g/mol. The summed E-state index contributed by atoms with van der Waals surface area (Å²) in [5, 5.41) is 0. The van der Waals surface area contributed by atoms with Crippen molar-refractivity contribution < 1.29 is 19.1 Å². The van der Waals surface area contributed by atoms with E-state index in [0.29, 0.717) is 11.8 Å². The van der Waals surface area contributed by atoms with E-state index in [2.05, 4.69) is 13.8 Å². The van der Waals surface area contributed by atoms with Crippen molar-refractivity contribution in [1.29, 1.82) is 0 Å². The van der Waals surface area contributed by atoms with Crippen molar-refractivity contribution >= 4 is 11.9 Å². The van der Waals surface area contributed by atoms with Gasteiger partial charge in [-0.2, -0.15) is 0 Å². The number of fused-ring (bicyclic) bond motifs is 1. The molecule has 0 aromatic carbocycles. The van der Waals surface area contributed by atoms with Crippen LogP contribution in [-0.2, 0) is 19.1 Å². The van der Waals surface area contributed by atoms with Crippen molar-refractivity contribution in [1.82, 2.24) is 0 Å². The Morgan fingerprint density at radius 3 is 2.82 bits per heavy atom. The first kappa shape index (κ1) is 15.8. The standard InChI is InChI=1S/C18H28O4/c1-4-11(8-10(2)3)17(19)21-15-12-6-5-7-13-14(9-12)16(15)22-18(13)20/h10-16H,4-9H2,1-3H3. The van der Waals surface area contributed by atoms with Crippen LogP contribution < -0.4 is 0 Å². The Labute approximate surface area is 132 Å². The zero-order chi connectivity index (χ0) is 15.9. The summed E-state index contributed by atoms with van der Waals surface area (Å²) >= 11 is 0. The fraction of sp³-hybridized carbons (Fsp3) is 0.889. The highest BCUT2D eigenvalue weighted by Crippen LogP contribution is 2.50. The van der Waals surface area contributed by atoms with E-state index in [1.807, 2.05) is 6.92 Å². The van der Waals surface area contributed by atoms with Crippen LogP contribution in [0.1, 0.15) is 59.3 Å². The largest absolute Gasteiger partial charge is 0.458 e. The van der Waals surface area contributed by atoms with Gasteiger partial charge in [-0.1, -0.05) is 27.2 Å². The van der Waals surface area contributed by atoms with Crippen LogP contribution >= 0.6 is 0 Å². The Balaban J connectivity index is 1.69. The Hall–Kier alpha value is -1.06. The van der Waals surface area contributed by atoms with Crippen LogP contribution in [0.5, 0.6) is 0 Å². The molecule has 0 aromatic heterocycles. The van der Waals surface area contributed by atoms with Crippen molar-refractivity contribution in [3.8, 4) is 0 Å². The van der Waals surface area contributed by atoms with E-state index in [1.165, 1.54) is 0 Å². The van der Waals surface area contributed by atoms with Gasteiger partial charge < -0.3 is 9.47 Å². The molecule has 2 bridgehead atoms. The van der Waals surface area contributed by atoms with Crippen LogP contribution in [-0.4, -0.2) is 24.1 Å². The summed E-state index contributed by atoms with van der Waals surface area (Å²) in [6.45, 7) is 6.30. The van der Waals surface area contributed by atoms with E-state index in [4.69, 9.17) is 9.47 Å². The Bertz CT molecular complexity index is 444. The van der Waals surface area contributed by atoms with Crippen molar-refractivity contribution in [3.05, 3.63) is 0 Å². The molecule has 6 unspecified atom stereocenters. The first-order valence-corrected chi connectivity index (χ1v) is 8.92. The molecule has 4 nitrogen and oxygen atoms in total. The molecule has 1 aliphatic heterocycles. The summed E-state index contributed by atoms with van der Waals surface area (Å²) in [5.41, 5.74) is 0. The number of ether oxygens (including phenoxy) is 2. The van der Waals surface area contributed by atoms with Gasteiger partial charge in [0.1, 0.15) is 12.2 Å². The summed E-state index contributed by atoms with van der Waals surface area (Å²) in [4.78, 5) is 24.5. The topological polar surface area (TPSA) is 52.6 Å². The Kier molecular flexibility index (Phi) is 4.47. The predicted octanol–water partition coefficient (Wildman–Crippen LogP) is 3.33. The lowest BCUT2D eigenvalue weighted by atomic mass is 9.89. The number of hydrogen-bond acceptors (Lipinski definition) is 4. The van der Waals surface area contributed by atoms with E-state index < -0.39 is 0 Å². The third-order valence-corrected chi connectivity index (χ3v) is 5.78. The van der Waals surface area contributed by atoms with Crippen LogP contribution in [0, 0.1) is 29.6 Å². The molecule has 0 amide bonds. The Morgan fingerprint density at radius 2 is 2.14 bits per heavy atom. The third kappa shape index (κ3) is 2.77. The molecule has 0 N–H and O–H groups in total. The van der Waals surface area contributed by atoms with Crippen LogP contribution in [0.15, 0.2) is 0 Å². The van der Waals surface area contributed by atoms with Crippen LogP contribution in [0.3, 0.4) is 0 Å². The van der Waals surface area contributed by atoms with Crippen LogP contribution in [0.25, 0.3) is 0 Å². The molecule has 124 valence electrons. The molecule has 3 aliphatic rings. The second-order valence-corrected chi connectivity index (χ2v) is 7.73. The SMILES string of the molecule is CCC(CC(C)C)C(=O)OC1C2CCCC3C(=O)OC1C3C2. The van der Waals surface area contributed by atoms with Gasteiger partial charge >= 0.3 is 11.9 Å². The Morgan fingerprint density at radius 1 is 1.36 bits per heavy atom. The van der Waals surface area contributed by atoms with Crippen LogP contribution in [0.4, 0.5) is 0 Å². The fourth-order valence-electron chi connectivity index (χ4n) is 4.68. The molecule has 6 atom stereocenters. The predicted molar refractivity (Wildman–Crippen MR) is 81.9 cm³/mol. The molecule has 2 aliphatic carbocycles. The summed E-state index contributed by atoms with van der Waals surface area (Å²) in [5.74, 6) is 1.01. The average Bonchev–Trinajstić information content (AvgIpc) is 2.85. The van der Waals surface area contributed by atoms with E-state index >= 15 is 0 Å². The minimum Gasteiger partial charge on any atom is -0.458 e. The van der Waals surface area contributed by atoms with Gasteiger partial charge in [0.05, 0.1) is 11.8 Å². The van der Waals surface area contributed by atoms with Crippen molar-refractivity contribution in [2.24, 2.45) is 29.6 Å².